The number of imidazole rings is 1. The number of rotatable bonds is 10. The molecule has 0 radical (unpaired) electrons. The van der Waals surface area contributed by atoms with E-state index in [1.54, 1.807) is 25.3 Å². The smallest absolute Gasteiger partial charge is 0.328 e. The van der Waals surface area contributed by atoms with Crippen LogP contribution in [0.2, 0.25) is 5.02 Å². The van der Waals surface area contributed by atoms with E-state index in [2.05, 4.69) is 25.9 Å². The first-order valence-electron chi connectivity index (χ1n) is 21.6. The molecule has 7 heterocycles. The van der Waals surface area contributed by atoms with Crippen LogP contribution in [0.25, 0.3) is 16.9 Å². The van der Waals surface area contributed by atoms with Crippen molar-refractivity contribution in [2.75, 3.05) is 68.5 Å². The summed E-state index contributed by atoms with van der Waals surface area (Å²) in [6, 6.07) is 9.79. The van der Waals surface area contributed by atoms with Crippen molar-refractivity contribution in [3.05, 3.63) is 93.9 Å². The molecule has 10 rings (SSSR count). The number of urea groups is 1. The van der Waals surface area contributed by atoms with Crippen molar-refractivity contribution >= 4 is 63.9 Å². The summed E-state index contributed by atoms with van der Waals surface area (Å²) in [5.41, 5.74) is 2.37. The number of piperidine rings is 1. The van der Waals surface area contributed by atoms with Crippen molar-refractivity contribution in [3.8, 4) is 11.3 Å². The highest BCUT2D eigenvalue weighted by atomic mass is 35.5. The number of hydrogen-bond donors (Lipinski definition) is 3. The molecule has 3 aromatic heterocycles. The number of nitrogens with one attached hydrogen (secondary N) is 3. The Morgan fingerprint density at radius 2 is 1.76 bits per heavy atom. The number of likely N-dealkylation sites (tertiary alicyclic amines) is 2. The van der Waals surface area contributed by atoms with E-state index in [4.69, 9.17) is 21.4 Å². The van der Waals surface area contributed by atoms with Crippen LogP contribution >= 0.6 is 11.6 Å². The van der Waals surface area contributed by atoms with Gasteiger partial charge < -0.3 is 25.2 Å². The van der Waals surface area contributed by atoms with E-state index in [0.717, 1.165) is 46.0 Å². The maximum absolute atomic E-state index is 16.1. The highest BCUT2D eigenvalue weighted by molar-refractivity contribution is 6.34. The third kappa shape index (κ3) is 7.34. The van der Waals surface area contributed by atoms with Gasteiger partial charge in [-0.2, -0.15) is 0 Å². The number of pyridine rings is 1. The number of carbonyl (C=O) groups is 4. The minimum atomic E-state index is -3.33. The molecule has 5 amide bonds. The second-order valence-electron chi connectivity index (χ2n) is 17.5. The number of halogens is 5. The average molecular weight is 930 g/mol. The average Bonchev–Trinajstić information content (AvgIpc) is 3.90. The lowest BCUT2D eigenvalue weighted by atomic mass is 9.69. The fourth-order valence-corrected chi connectivity index (χ4v) is 10.1. The van der Waals surface area contributed by atoms with Crippen LogP contribution in [0.4, 0.5) is 45.2 Å². The Labute approximate surface area is 380 Å². The topological polar surface area (TPSA) is 170 Å². The number of nitrogens with zero attached hydrogens (tertiary/aromatic N) is 8. The molecule has 4 aliphatic heterocycles. The minimum absolute atomic E-state index is 0.00912. The third-order valence-corrected chi connectivity index (χ3v) is 13.9. The van der Waals surface area contributed by atoms with Crippen molar-refractivity contribution in [1.29, 1.82) is 0 Å². The summed E-state index contributed by atoms with van der Waals surface area (Å²) < 4.78 is 70.2. The Morgan fingerprint density at radius 1 is 0.955 bits per heavy atom. The number of imide groups is 1. The van der Waals surface area contributed by atoms with Gasteiger partial charge in [-0.3, -0.25) is 34.5 Å². The van der Waals surface area contributed by atoms with E-state index in [0.29, 0.717) is 41.2 Å². The fraction of sp³-hybridized carbons (Fsp3) is 0.400. The largest absolute Gasteiger partial charge is 0.385 e. The van der Waals surface area contributed by atoms with Gasteiger partial charge in [0.1, 0.15) is 17.3 Å². The minimum Gasteiger partial charge on any atom is -0.385 e. The molecule has 4 fully saturated rings. The van der Waals surface area contributed by atoms with Crippen molar-refractivity contribution in [2.24, 2.45) is 5.41 Å². The Hall–Kier alpha value is -6.38. The Balaban J connectivity index is 0.807. The molecule has 1 saturated carbocycles. The summed E-state index contributed by atoms with van der Waals surface area (Å²) >= 11 is 6.21. The van der Waals surface area contributed by atoms with Gasteiger partial charge in [-0.1, -0.05) is 23.7 Å². The van der Waals surface area contributed by atoms with Gasteiger partial charge in [-0.15, -0.1) is 5.10 Å². The maximum atomic E-state index is 16.1. The van der Waals surface area contributed by atoms with E-state index in [1.807, 2.05) is 29.2 Å². The molecule has 1 aliphatic carbocycles. The van der Waals surface area contributed by atoms with Crippen molar-refractivity contribution in [2.45, 2.75) is 56.7 Å². The molecule has 5 aromatic rings. The number of aromatic nitrogens is 4. The lowest BCUT2D eigenvalue weighted by Gasteiger charge is -2.57. The number of alkyl halides is 2. The van der Waals surface area contributed by atoms with Gasteiger partial charge in [0.25, 0.3) is 17.7 Å². The molecule has 2 aromatic carbocycles. The molecule has 2 atom stereocenters. The molecule has 66 heavy (non-hydrogen) atoms. The highest BCUT2D eigenvalue weighted by Gasteiger charge is 2.63. The monoisotopic (exact) mass is 929 g/mol. The van der Waals surface area contributed by atoms with Crippen LogP contribution in [0, 0.1) is 17.0 Å². The lowest BCUT2D eigenvalue weighted by Crippen LogP contribution is -2.70. The molecule has 344 valence electrons. The van der Waals surface area contributed by atoms with E-state index in [-0.39, 0.29) is 85.7 Å². The van der Waals surface area contributed by atoms with Crippen LogP contribution in [-0.2, 0) is 22.5 Å². The SMILES string of the molecule is CNc1cc(N2CCc3c(-c4ncc(CN5CC6(CCN(C(=O)c7cc(N8CCC(=O)NC8=O)c(Cl)cc7F)CC6(F)F)C5)cc4F)cccc32)nn2c(C(=O)N[C@@H]3CC[C@H]3OC)cnc12. The van der Waals surface area contributed by atoms with E-state index >= 15 is 17.6 Å². The second kappa shape index (κ2) is 16.5. The predicted molar refractivity (Wildman–Crippen MR) is 234 cm³/mol. The molecule has 16 nitrogen and oxygen atoms in total. The standard InChI is InChI=1S/C45H44ClF4N11O5/c1-51-32-17-37(56-61-35(19-53-40(32)61)41(63)54-31-6-7-36(31)66-2)59-11-8-25-26(4-3-5-33(25)59)39-30(48)14-24(18-52-39)20-57-21-44(22-57)10-13-58(23-45(44,49)50)42(64)27-15-34(28(46)16-29(27)47)60-12-9-38(62)55-43(60)65/h3-5,14-19,31,36,51H,6-13,20-23H2,1-2H3,(H,54,63)(H,55,62,65)/t31-,36-/m1/s1. The Bertz CT molecular complexity index is 2840. The Kier molecular flexibility index (Phi) is 10.9. The summed E-state index contributed by atoms with van der Waals surface area (Å²) in [5, 5.41) is 13.0. The van der Waals surface area contributed by atoms with Crippen LogP contribution in [0.3, 0.4) is 0 Å². The molecule has 1 spiro atoms. The van der Waals surface area contributed by atoms with Crippen LogP contribution in [0.15, 0.2) is 54.9 Å². The van der Waals surface area contributed by atoms with Gasteiger partial charge in [-0.25, -0.2) is 31.9 Å². The third-order valence-electron chi connectivity index (χ3n) is 13.6. The van der Waals surface area contributed by atoms with Gasteiger partial charge in [-0.05, 0) is 61.1 Å². The van der Waals surface area contributed by atoms with Crippen LogP contribution in [0.5, 0.6) is 0 Å². The van der Waals surface area contributed by atoms with Crippen LogP contribution < -0.4 is 25.8 Å². The first-order chi connectivity index (χ1) is 31.7. The van der Waals surface area contributed by atoms with Crippen molar-refractivity contribution in [3.63, 3.8) is 0 Å². The number of benzene rings is 2. The number of methoxy groups -OCH3 is 1. The predicted octanol–water partition coefficient (Wildman–Crippen LogP) is 5.80. The number of amides is 5. The van der Waals surface area contributed by atoms with Gasteiger partial charge in [0.05, 0.1) is 52.3 Å². The molecule has 3 saturated heterocycles. The highest BCUT2D eigenvalue weighted by Crippen LogP contribution is 2.51. The summed E-state index contributed by atoms with van der Waals surface area (Å²) in [6.45, 7) is -0.397. The first-order valence-corrected chi connectivity index (χ1v) is 22.0. The molecular formula is C45H44ClF4N11O5. The molecule has 5 aliphatic rings. The molecule has 3 N–H and O–H groups in total. The summed E-state index contributed by atoms with van der Waals surface area (Å²) in [4.78, 5) is 65.8. The zero-order valence-electron chi connectivity index (χ0n) is 35.8. The lowest BCUT2D eigenvalue weighted by molar-refractivity contribution is -0.220. The van der Waals surface area contributed by atoms with Crippen LogP contribution in [-0.4, -0.2) is 125 Å². The number of anilines is 4. The number of carbonyl (C=O) groups excluding carboxylic acids is 4. The maximum Gasteiger partial charge on any atom is 0.328 e. The van der Waals surface area contributed by atoms with Crippen LogP contribution in [0.1, 0.15) is 57.7 Å². The number of ether oxygens (including phenoxy) is 1. The summed E-state index contributed by atoms with van der Waals surface area (Å²) in [5.74, 6) is -6.15. The quantitative estimate of drug-likeness (QED) is 0.145. The number of fused-ring (bicyclic) bond motifs is 2. The summed E-state index contributed by atoms with van der Waals surface area (Å²) in [6.07, 6.45) is 5.15. The van der Waals surface area contributed by atoms with E-state index in [1.165, 1.54) is 16.8 Å². The van der Waals surface area contributed by atoms with E-state index < -0.39 is 52.9 Å². The molecule has 0 unspecified atom stereocenters. The summed E-state index contributed by atoms with van der Waals surface area (Å²) in [7, 11) is 3.39. The second-order valence-corrected chi connectivity index (χ2v) is 17.9. The first kappa shape index (κ1) is 43.5. The van der Waals surface area contributed by atoms with Crippen molar-refractivity contribution in [1.82, 2.24) is 40.0 Å². The number of hydrogen-bond acceptors (Lipinski definition) is 11. The zero-order chi connectivity index (χ0) is 46.2. The fourth-order valence-electron chi connectivity index (χ4n) is 9.88. The van der Waals surface area contributed by atoms with Gasteiger partial charge in [0, 0.05) is 83.4 Å². The molecular weight excluding hydrogens is 886 g/mol. The Morgan fingerprint density at radius 3 is 2.47 bits per heavy atom. The van der Waals surface area contributed by atoms with Gasteiger partial charge >= 0.3 is 6.03 Å². The van der Waals surface area contributed by atoms with E-state index in [9.17, 15) is 19.2 Å². The van der Waals surface area contributed by atoms with Gasteiger partial charge in [0.15, 0.2) is 17.2 Å². The molecule has 21 heteroatoms. The van der Waals surface area contributed by atoms with Gasteiger partial charge in [0.2, 0.25) is 5.91 Å². The zero-order valence-corrected chi connectivity index (χ0v) is 36.6. The normalized spacial score (nSPS) is 21.1. The molecule has 0 bridgehead atoms. The van der Waals surface area contributed by atoms with Crippen molar-refractivity contribution < 1.29 is 41.5 Å².